The minimum Gasteiger partial charge on any atom is -0.308 e. The van der Waals surface area contributed by atoms with Gasteiger partial charge in [-0.05, 0) is 25.1 Å². The van der Waals surface area contributed by atoms with Crippen molar-refractivity contribution >= 4 is 45.1 Å². The molecule has 0 saturated carbocycles. The number of carbonyl (C=O) groups is 1. The maximum absolute atomic E-state index is 13.0. The molecule has 138 valence electrons. The Hall–Kier alpha value is -3.03. The number of nitrogens with zero attached hydrogens (tertiary/aromatic N) is 4. The molecular formula is C20H13ClN4O2S. The van der Waals surface area contributed by atoms with Gasteiger partial charge in [0.25, 0.3) is 11.5 Å². The smallest absolute Gasteiger partial charge is 0.291 e. The molecule has 2 aromatic heterocycles. The quantitative estimate of drug-likeness (QED) is 0.511. The highest BCUT2D eigenvalue weighted by Gasteiger charge is 2.33. The lowest BCUT2D eigenvalue weighted by atomic mass is 10.1. The van der Waals surface area contributed by atoms with Crippen LogP contribution >= 0.6 is 22.9 Å². The van der Waals surface area contributed by atoms with Crippen LogP contribution in [0.25, 0.3) is 21.9 Å². The van der Waals surface area contributed by atoms with Crippen LogP contribution in [0.5, 0.6) is 0 Å². The molecule has 0 bridgehead atoms. The molecule has 1 amide bonds. The first-order valence-corrected chi connectivity index (χ1v) is 9.89. The number of hydrogen-bond donors (Lipinski definition) is 0. The molecule has 8 heteroatoms. The molecule has 2 aromatic carbocycles. The Morgan fingerprint density at radius 1 is 1.11 bits per heavy atom. The molecule has 0 saturated heterocycles. The number of aromatic nitrogens is 3. The van der Waals surface area contributed by atoms with Crippen LogP contribution in [-0.2, 0) is 4.79 Å². The molecular weight excluding hydrogens is 396 g/mol. The molecule has 0 fully saturated rings. The molecule has 28 heavy (non-hydrogen) atoms. The maximum Gasteiger partial charge on any atom is 0.291 e. The Morgan fingerprint density at radius 2 is 1.93 bits per heavy atom. The highest BCUT2D eigenvalue weighted by atomic mass is 35.5. The molecule has 6 nitrogen and oxygen atoms in total. The summed E-state index contributed by atoms with van der Waals surface area (Å²) in [5.74, 6) is 0.260. The number of likely N-dealkylation sites (N-methyl/N-ethyl adjacent to an activating group) is 1. The average molecular weight is 409 g/mol. The van der Waals surface area contributed by atoms with Crippen LogP contribution in [0.2, 0.25) is 5.02 Å². The van der Waals surface area contributed by atoms with Crippen LogP contribution in [0.3, 0.4) is 0 Å². The zero-order valence-electron chi connectivity index (χ0n) is 14.7. The number of benzene rings is 2. The highest BCUT2D eigenvalue weighted by Crippen LogP contribution is 2.34. The first-order chi connectivity index (χ1) is 13.6. The first kappa shape index (κ1) is 17.1. The fourth-order valence-corrected chi connectivity index (χ4v) is 4.64. The van der Waals surface area contributed by atoms with E-state index in [1.54, 1.807) is 23.1 Å². The topological polar surface area (TPSA) is 67.6 Å². The number of anilines is 1. The van der Waals surface area contributed by atoms with Gasteiger partial charge < -0.3 is 4.90 Å². The van der Waals surface area contributed by atoms with E-state index in [9.17, 15) is 9.59 Å². The van der Waals surface area contributed by atoms with Gasteiger partial charge in [-0.1, -0.05) is 53.3 Å². The summed E-state index contributed by atoms with van der Waals surface area (Å²) in [7, 11) is 0. The van der Waals surface area contributed by atoms with Crippen molar-refractivity contribution in [2.45, 2.75) is 6.92 Å². The van der Waals surface area contributed by atoms with Crippen molar-refractivity contribution in [2.75, 3.05) is 11.4 Å². The van der Waals surface area contributed by atoms with E-state index in [1.807, 2.05) is 37.3 Å². The number of hydrogen-bond acceptors (Lipinski definition) is 5. The number of fused-ring (bicyclic) bond motifs is 2. The summed E-state index contributed by atoms with van der Waals surface area (Å²) in [5, 5.41) is 4.91. The number of para-hydroxylation sites is 1. The predicted molar refractivity (Wildman–Crippen MR) is 110 cm³/mol. The van der Waals surface area contributed by atoms with Crippen LogP contribution in [0.15, 0.2) is 53.3 Å². The van der Waals surface area contributed by atoms with E-state index in [1.165, 1.54) is 15.9 Å². The van der Waals surface area contributed by atoms with Crippen LogP contribution < -0.4 is 15.0 Å². The van der Waals surface area contributed by atoms with Crippen molar-refractivity contribution in [3.8, 4) is 11.4 Å². The normalized spacial score (nSPS) is 15.5. The number of halogens is 1. The van der Waals surface area contributed by atoms with Crippen molar-refractivity contribution in [1.29, 1.82) is 0 Å². The van der Waals surface area contributed by atoms with Crippen LogP contribution in [0.4, 0.5) is 5.69 Å². The zero-order chi connectivity index (χ0) is 19.4. The van der Waals surface area contributed by atoms with Crippen LogP contribution in [0.1, 0.15) is 12.5 Å². The summed E-state index contributed by atoms with van der Waals surface area (Å²) in [5.41, 5.74) is 2.41. The van der Waals surface area contributed by atoms with Crippen LogP contribution in [-0.4, -0.2) is 27.0 Å². The van der Waals surface area contributed by atoms with Crippen molar-refractivity contribution < 1.29 is 4.79 Å². The fourth-order valence-electron chi connectivity index (χ4n) is 3.45. The molecule has 4 aromatic rings. The predicted octanol–water partition coefficient (Wildman–Crippen LogP) is 2.76. The van der Waals surface area contributed by atoms with E-state index in [-0.39, 0.29) is 11.5 Å². The molecule has 0 unspecified atom stereocenters. The second-order valence-electron chi connectivity index (χ2n) is 6.32. The van der Waals surface area contributed by atoms with Gasteiger partial charge in [-0.2, -0.15) is 9.50 Å². The molecule has 1 aliphatic heterocycles. The molecule has 0 aliphatic carbocycles. The average Bonchev–Trinajstić information content (AvgIpc) is 3.32. The summed E-state index contributed by atoms with van der Waals surface area (Å²) in [6.45, 7) is 2.45. The first-order valence-electron chi connectivity index (χ1n) is 8.69. The standard InChI is InChI=1S/C20H13ClN4O2S/c1-2-24-14-9-4-3-8-13(14)15(18(24)26)16-19(27)25-20(28-16)22-17(23-25)11-6-5-7-12(21)10-11/h3-10H,2H2,1H3/b16-15-. The van der Waals surface area contributed by atoms with Crippen molar-refractivity contribution in [3.63, 3.8) is 0 Å². The third-order valence-corrected chi connectivity index (χ3v) is 5.97. The van der Waals surface area contributed by atoms with E-state index in [2.05, 4.69) is 10.1 Å². The summed E-state index contributed by atoms with van der Waals surface area (Å²) >= 11 is 7.21. The molecule has 1 aliphatic rings. The van der Waals surface area contributed by atoms with Gasteiger partial charge in [0, 0.05) is 22.7 Å². The summed E-state index contributed by atoms with van der Waals surface area (Å²) in [4.78, 5) is 32.6. The SMILES string of the molecule is CCN1C(=O)/C(=c2\sc3nc(-c4cccc(Cl)c4)nn3c2=O)c2ccccc21. The maximum atomic E-state index is 13.0. The lowest BCUT2D eigenvalue weighted by Crippen LogP contribution is -2.32. The zero-order valence-corrected chi connectivity index (χ0v) is 16.3. The van der Waals surface area contributed by atoms with E-state index in [4.69, 9.17) is 11.6 Å². The number of amides is 1. The van der Waals surface area contributed by atoms with Crippen LogP contribution in [0, 0.1) is 0 Å². The van der Waals surface area contributed by atoms with Gasteiger partial charge in [-0.3, -0.25) is 9.59 Å². The number of rotatable bonds is 2. The molecule has 0 radical (unpaired) electrons. The minimum absolute atomic E-state index is 0.166. The Kier molecular flexibility index (Phi) is 3.82. The van der Waals surface area contributed by atoms with Gasteiger partial charge in [-0.15, -0.1) is 5.10 Å². The van der Waals surface area contributed by atoms with Gasteiger partial charge in [0.2, 0.25) is 4.96 Å². The van der Waals surface area contributed by atoms with Gasteiger partial charge >= 0.3 is 0 Å². The second-order valence-corrected chi connectivity index (χ2v) is 7.73. The Bertz CT molecular complexity index is 1370. The molecule has 0 N–H and O–H groups in total. The summed E-state index contributed by atoms with van der Waals surface area (Å²) in [6, 6.07) is 14.7. The summed E-state index contributed by atoms with van der Waals surface area (Å²) in [6.07, 6.45) is 0. The van der Waals surface area contributed by atoms with Crippen molar-refractivity contribution in [3.05, 3.63) is 74.0 Å². The third kappa shape index (κ3) is 2.40. The van der Waals surface area contributed by atoms with Crippen molar-refractivity contribution in [1.82, 2.24) is 14.6 Å². The second kappa shape index (κ2) is 6.25. The lowest BCUT2D eigenvalue weighted by molar-refractivity contribution is -0.113. The lowest BCUT2D eigenvalue weighted by Gasteiger charge is -2.13. The minimum atomic E-state index is -0.336. The molecule has 5 rings (SSSR count). The van der Waals surface area contributed by atoms with Gasteiger partial charge in [0.1, 0.15) is 4.53 Å². The third-order valence-electron chi connectivity index (χ3n) is 4.71. The van der Waals surface area contributed by atoms with E-state index >= 15 is 0 Å². The monoisotopic (exact) mass is 408 g/mol. The van der Waals surface area contributed by atoms with Gasteiger partial charge in [-0.25, -0.2) is 0 Å². The molecule has 0 spiro atoms. The Morgan fingerprint density at radius 3 is 2.68 bits per heavy atom. The number of carbonyl (C=O) groups excluding carboxylic acids is 1. The Labute approximate surface area is 168 Å². The van der Waals surface area contributed by atoms with Gasteiger partial charge in [0.15, 0.2) is 5.82 Å². The fraction of sp³-hybridized carbons (Fsp3) is 0.100. The Balaban J connectivity index is 1.75. The summed E-state index contributed by atoms with van der Waals surface area (Å²) < 4.78 is 1.62. The molecule has 0 atom stereocenters. The van der Waals surface area contributed by atoms with E-state index in [0.29, 0.717) is 32.5 Å². The van der Waals surface area contributed by atoms with E-state index < -0.39 is 0 Å². The number of thiazole rings is 1. The van der Waals surface area contributed by atoms with Gasteiger partial charge in [0.05, 0.1) is 11.3 Å². The molecule has 3 heterocycles. The van der Waals surface area contributed by atoms with Crippen molar-refractivity contribution in [2.24, 2.45) is 0 Å². The van der Waals surface area contributed by atoms with E-state index in [0.717, 1.165) is 16.8 Å². The highest BCUT2D eigenvalue weighted by molar-refractivity contribution is 7.15. The largest absolute Gasteiger partial charge is 0.308 e.